The van der Waals surface area contributed by atoms with Crippen molar-refractivity contribution in [3.8, 4) is 0 Å². The standard InChI is InChI=1S/C19H25N3O4/c1-12-15-6-5-13(17(23)24)11-16(15)22(20-12)14-7-9-21(10-8-14)18(25)26-19(2,3)4/h5-6,11,14H,7-10H2,1-4H3,(H,23,24). The second-order valence-corrected chi connectivity index (χ2v) is 7.77. The van der Waals surface area contributed by atoms with Crippen molar-refractivity contribution < 1.29 is 19.4 Å². The molecule has 1 aromatic heterocycles. The van der Waals surface area contributed by atoms with E-state index < -0.39 is 11.6 Å². The lowest BCUT2D eigenvalue weighted by Crippen LogP contribution is -2.42. The number of benzene rings is 1. The molecule has 1 aliphatic heterocycles. The molecule has 26 heavy (non-hydrogen) atoms. The van der Waals surface area contributed by atoms with Crippen LogP contribution in [0.25, 0.3) is 10.9 Å². The smallest absolute Gasteiger partial charge is 0.410 e. The molecule has 0 radical (unpaired) electrons. The number of carboxylic acids is 1. The number of likely N-dealkylation sites (tertiary alicyclic amines) is 1. The van der Waals surface area contributed by atoms with Gasteiger partial charge in [-0.1, -0.05) is 6.07 Å². The number of aromatic nitrogens is 2. The van der Waals surface area contributed by atoms with Gasteiger partial charge >= 0.3 is 12.1 Å². The van der Waals surface area contributed by atoms with Crippen LogP contribution in [0.15, 0.2) is 18.2 Å². The van der Waals surface area contributed by atoms with Crippen LogP contribution < -0.4 is 0 Å². The van der Waals surface area contributed by atoms with Gasteiger partial charge in [-0.2, -0.15) is 5.10 Å². The first kappa shape index (κ1) is 18.2. The number of amides is 1. The Kier molecular flexibility index (Phi) is 4.64. The molecule has 2 heterocycles. The Morgan fingerprint density at radius 2 is 1.88 bits per heavy atom. The second kappa shape index (κ2) is 6.63. The van der Waals surface area contributed by atoms with Crippen LogP contribution in [0.1, 0.15) is 55.7 Å². The third-order valence-electron chi connectivity index (χ3n) is 4.60. The zero-order valence-corrected chi connectivity index (χ0v) is 15.7. The lowest BCUT2D eigenvalue weighted by molar-refractivity contribution is 0.0186. The summed E-state index contributed by atoms with van der Waals surface area (Å²) in [6.45, 7) is 8.69. The number of ether oxygens (including phenoxy) is 1. The molecule has 1 fully saturated rings. The Bertz CT molecular complexity index is 842. The van der Waals surface area contributed by atoms with Gasteiger partial charge in [-0.05, 0) is 52.7 Å². The van der Waals surface area contributed by atoms with Crippen molar-refractivity contribution in [2.24, 2.45) is 0 Å². The van der Waals surface area contributed by atoms with Gasteiger partial charge in [-0.3, -0.25) is 4.68 Å². The Morgan fingerprint density at radius 3 is 2.46 bits per heavy atom. The number of fused-ring (bicyclic) bond motifs is 1. The topological polar surface area (TPSA) is 84.7 Å². The maximum atomic E-state index is 12.2. The molecular formula is C19H25N3O4. The molecule has 0 unspecified atom stereocenters. The van der Waals surface area contributed by atoms with Crippen molar-refractivity contribution in [1.82, 2.24) is 14.7 Å². The highest BCUT2D eigenvalue weighted by molar-refractivity contribution is 5.94. The number of hydrogen-bond acceptors (Lipinski definition) is 4. The van der Waals surface area contributed by atoms with Crippen LogP contribution >= 0.6 is 0 Å². The fraction of sp³-hybridized carbons (Fsp3) is 0.526. The van der Waals surface area contributed by atoms with Gasteiger partial charge in [0.2, 0.25) is 0 Å². The average molecular weight is 359 g/mol. The number of carboxylic acid groups (broad SMARTS) is 1. The fourth-order valence-corrected chi connectivity index (χ4v) is 3.33. The molecule has 0 spiro atoms. The average Bonchev–Trinajstić information content (AvgIpc) is 2.90. The first-order valence-corrected chi connectivity index (χ1v) is 8.86. The Balaban J connectivity index is 1.78. The summed E-state index contributed by atoms with van der Waals surface area (Å²) in [5.74, 6) is -0.947. The van der Waals surface area contributed by atoms with Gasteiger partial charge in [0.15, 0.2) is 0 Å². The number of hydrogen-bond donors (Lipinski definition) is 1. The summed E-state index contributed by atoms with van der Waals surface area (Å²) < 4.78 is 7.35. The van der Waals surface area contributed by atoms with Crippen LogP contribution in [0, 0.1) is 6.92 Å². The number of piperidine rings is 1. The van der Waals surface area contributed by atoms with Crippen LogP contribution in [0.3, 0.4) is 0 Å². The van der Waals surface area contributed by atoms with Crippen molar-refractivity contribution in [2.45, 2.75) is 52.2 Å². The number of aromatic carboxylic acids is 1. The van der Waals surface area contributed by atoms with E-state index in [4.69, 9.17) is 4.74 Å². The van der Waals surface area contributed by atoms with Gasteiger partial charge in [0, 0.05) is 18.5 Å². The zero-order valence-electron chi connectivity index (χ0n) is 15.7. The van der Waals surface area contributed by atoms with Crippen molar-refractivity contribution in [2.75, 3.05) is 13.1 Å². The number of carbonyl (C=O) groups is 2. The van der Waals surface area contributed by atoms with Crippen LogP contribution in [0.2, 0.25) is 0 Å². The predicted molar refractivity (Wildman–Crippen MR) is 97.5 cm³/mol. The molecule has 140 valence electrons. The van der Waals surface area contributed by atoms with E-state index in [-0.39, 0.29) is 17.7 Å². The molecule has 3 rings (SSSR count). The minimum absolute atomic E-state index is 0.133. The maximum absolute atomic E-state index is 12.2. The van der Waals surface area contributed by atoms with E-state index in [1.807, 2.05) is 38.4 Å². The number of carbonyl (C=O) groups excluding carboxylic acids is 1. The van der Waals surface area contributed by atoms with Crippen molar-refractivity contribution in [1.29, 1.82) is 0 Å². The van der Waals surface area contributed by atoms with Gasteiger partial charge in [0.05, 0.1) is 22.8 Å². The Labute approximate surface area is 152 Å². The van der Waals surface area contributed by atoms with Crippen molar-refractivity contribution in [3.63, 3.8) is 0 Å². The van der Waals surface area contributed by atoms with Crippen LogP contribution in [0.4, 0.5) is 4.79 Å². The molecule has 0 atom stereocenters. The van der Waals surface area contributed by atoms with Crippen molar-refractivity contribution >= 4 is 23.0 Å². The molecule has 1 aliphatic rings. The minimum Gasteiger partial charge on any atom is -0.478 e. The summed E-state index contributed by atoms with van der Waals surface area (Å²) in [4.78, 5) is 25.2. The molecule has 0 aliphatic carbocycles. The molecule has 7 heteroatoms. The molecule has 1 N–H and O–H groups in total. The third-order valence-corrected chi connectivity index (χ3v) is 4.60. The van der Waals surface area contributed by atoms with Crippen LogP contribution in [-0.2, 0) is 4.74 Å². The van der Waals surface area contributed by atoms with E-state index in [0.717, 1.165) is 29.4 Å². The lowest BCUT2D eigenvalue weighted by Gasteiger charge is -2.33. The summed E-state index contributed by atoms with van der Waals surface area (Å²) in [5, 5.41) is 14.8. The SMILES string of the molecule is Cc1nn(C2CCN(C(=O)OC(C)(C)C)CC2)c2cc(C(=O)O)ccc12. The molecule has 1 aromatic carbocycles. The first-order valence-electron chi connectivity index (χ1n) is 8.86. The Morgan fingerprint density at radius 1 is 1.23 bits per heavy atom. The lowest BCUT2D eigenvalue weighted by atomic mass is 10.0. The van der Waals surface area contributed by atoms with Gasteiger partial charge in [0.1, 0.15) is 5.60 Å². The third kappa shape index (κ3) is 3.66. The quantitative estimate of drug-likeness (QED) is 0.885. The van der Waals surface area contributed by atoms with E-state index >= 15 is 0 Å². The van der Waals surface area contributed by atoms with Gasteiger partial charge < -0.3 is 14.7 Å². The fourth-order valence-electron chi connectivity index (χ4n) is 3.33. The van der Waals surface area contributed by atoms with E-state index in [1.165, 1.54) is 0 Å². The summed E-state index contributed by atoms with van der Waals surface area (Å²) in [6, 6.07) is 5.23. The van der Waals surface area contributed by atoms with Gasteiger partial charge in [-0.15, -0.1) is 0 Å². The van der Waals surface area contributed by atoms with Crippen LogP contribution in [-0.4, -0.2) is 50.5 Å². The molecule has 0 saturated carbocycles. The summed E-state index contributed by atoms with van der Waals surface area (Å²) in [6.07, 6.45) is 1.23. The summed E-state index contributed by atoms with van der Waals surface area (Å²) in [5.41, 5.74) is 1.46. The molecule has 1 saturated heterocycles. The molecule has 1 amide bonds. The zero-order chi connectivity index (χ0) is 19.1. The molecule has 2 aromatic rings. The van der Waals surface area contributed by atoms with E-state index in [9.17, 15) is 14.7 Å². The highest BCUT2D eigenvalue weighted by Gasteiger charge is 2.28. The van der Waals surface area contributed by atoms with Crippen molar-refractivity contribution in [3.05, 3.63) is 29.5 Å². The maximum Gasteiger partial charge on any atom is 0.410 e. The van der Waals surface area contributed by atoms with E-state index in [0.29, 0.717) is 13.1 Å². The highest BCUT2D eigenvalue weighted by Crippen LogP contribution is 2.29. The highest BCUT2D eigenvalue weighted by atomic mass is 16.6. The molecule has 7 nitrogen and oxygen atoms in total. The van der Waals surface area contributed by atoms with Gasteiger partial charge in [-0.25, -0.2) is 9.59 Å². The number of aryl methyl sites for hydroxylation is 1. The Hall–Kier alpha value is -2.57. The molecule has 0 bridgehead atoms. The number of rotatable bonds is 2. The number of nitrogens with zero attached hydrogens (tertiary/aromatic N) is 3. The second-order valence-electron chi connectivity index (χ2n) is 7.77. The summed E-state index contributed by atoms with van der Waals surface area (Å²) >= 11 is 0. The van der Waals surface area contributed by atoms with Crippen LogP contribution in [0.5, 0.6) is 0 Å². The van der Waals surface area contributed by atoms with E-state index in [1.54, 1.807) is 17.0 Å². The minimum atomic E-state index is -0.947. The first-order chi connectivity index (χ1) is 12.2. The van der Waals surface area contributed by atoms with E-state index in [2.05, 4.69) is 5.10 Å². The summed E-state index contributed by atoms with van der Waals surface area (Å²) in [7, 11) is 0. The largest absolute Gasteiger partial charge is 0.478 e. The normalized spacial score (nSPS) is 16.1. The molecular weight excluding hydrogens is 334 g/mol. The monoisotopic (exact) mass is 359 g/mol. The van der Waals surface area contributed by atoms with Gasteiger partial charge in [0.25, 0.3) is 0 Å². The predicted octanol–water partition coefficient (Wildman–Crippen LogP) is 3.61.